The Hall–Kier alpha value is -3.18. The zero-order chi connectivity index (χ0) is 21.5. The van der Waals surface area contributed by atoms with Crippen LogP contribution < -0.4 is 5.56 Å². The minimum atomic E-state index is 0.0570. The normalized spacial score (nSPS) is 31.6. The molecule has 1 unspecified atom stereocenters. The molecule has 4 saturated carbocycles. The van der Waals surface area contributed by atoms with Crippen LogP contribution in [-0.4, -0.2) is 9.97 Å². The summed E-state index contributed by atoms with van der Waals surface area (Å²) in [6, 6.07) is 13.0. The molecular formula is C26H26N4O. The van der Waals surface area contributed by atoms with E-state index < -0.39 is 0 Å². The van der Waals surface area contributed by atoms with Crippen LogP contribution in [-0.2, 0) is 0 Å². The monoisotopic (exact) mass is 410 g/mol. The first-order valence-corrected chi connectivity index (χ1v) is 11.2. The number of nitriles is 2. The van der Waals surface area contributed by atoms with Crippen molar-refractivity contribution in [3.8, 4) is 12.1 Å². The molecule has 0 saturated heterocycles. The van der Waals surface area contributed by atoms with Gasteiger partial charge < -0.3 is 4.98 Å². The van der Waals surface area contributed by atoms with Gasteiger partial charge in [-0.2, -0.15) is 10.5 Å². The molecule has 1 N–H and O–H groups in total. The first-order chi connectivity index (χ1) is 15.1. The molecule has 2 aromatic rings. The number of aromatic amines is 1. The van der Waals surface area contributed by atoms with E-state index in [4.69, 9.17) is 15.5 Å². The summed E-state index contributed by atoms with van der Waals surface area (Å²) in [5.74, 6) is 4.90. The zero-order valence-corrected chi connectivity index (χ0v) is 17.7. The molecule has 5 aliphatic rings. The quantitative estimate of drug-likeness (QED) is 0.762. The standard InChI is InChI=1S/C24H26N2O.C2N2/c1-13-7-19-22(20(13)16-5-3-2-4-6-16)25-23(26-24(19)27)21-17-9-14-8-15(11-17)12-18(21)10-14;3-1-2-4/h2-7,14-15,17-18,20-21H,8-12H2,1H3,(H,25,26,27);. The number of hydrogen-bond donors (Lipinski definition) is 1. The maximum atomic E-state index is 12.9. The third kappa shape index (κ3) is 3.39. The van der Waals surface area contributed by atoms with Crippen LogP contribution in [0.25, 0.3) is 6.08 Å². The maximum Gasteiger partial charge on any atom is 0.258 e. The molecule has 0 radical (unpaired) electrons. The highest BCUT2D eigenvalue weighted by Crippen LogP contribution is 2.59. The molecule has 0 amide bonds. The molecule has 5 heteroatoms. The predicted molar refractivity (Wildman–Crippen MR) is 118 cm³/mol. The van der Waals surface area contributed by atoms with Crippen LogP contribution in [0, 0.1) is 46.3 Å². The second-order valence-corrected chi connectivity index (χ2v) is 9.66. The Morgan fingerprint density at radius 3 is 2.16 bits per heavy atom. The number of benzene rings is 1. The van der Waals surface area contributed by atoms with E-state index in [1.165, 1.54) is 55.4 Å². The molecule has 0 spiro atoms. The van der Waals surface area contributed by atoms with Gasteiger partial charge in [0.15, 0.2) is 12.1 Å². The number of allylic oxidation sites excluding steroid dienone is 1. The molecule has 7 rings (SSSR count). The van der Waals surface area contributed by atoms with Crippen LogP contribution in [0.5, 0.6) is 0 Å². The van der Waals surface area contributed by atoms with E-state index in [0.717, 1.165) is 40.8 Å². The average Bonchev–Trinajstić information content (AvgIpc) is 3.10. The van der Waals surface area contributed by atoms with Crippen LogP contribution >= 0.6 is 0 Å². The number of fused-ring (bicyclic) bond motifs is 1. The molecule has 5 aliphatic carbocycles. The van der Waals surface area contributed by atoms with Crippen LogP contribution in [0.15, 0.2) is 40.7 Å². The Kier molecular flexibility index (Phi) is 4.98. The molecule has 1 atom stereocenters. The van der Waals surface area contributed by atoms with Crippen LogP contribution in [0.3, 0.4) is 0 Å². The van der Waals surface area contributed by atoms with Crippen LogP contribution in [0.1, 0.15) is 73.5 Å². The van der Waals surface area contributed by atoms with Crippen molar-refractivity contribution >= 4 is 6.08 Å². The molecule has 1 aromatic carbocycles. The third-order valence-electron chi connectivity index (χ3n) is 7.83. The van der Waals surface area contributed by atoms with Crippen molar-refractivity contribution in [2.24, 2.45) is 23.7 Å². The smallest absolute Gasteiger partial charge is 0.258 e. The fourth-order valence-electron chi connectivity index (χ4n) is 7.00. The van der Waals surface area contributed by atoms with Crippen molar-refractivity contribution in [1.82, 2.24) is 9.97 Å². The molecule has 31 heavy (non-hydrogen) atoms. The Labute approximate surface area is 182 Å². The summed E-state index contributed by atoms with van der Waals surface area (Å²) >= 11 is 0. The van der Waals surface area contributed by atoms with Gasteiger partial charge >= 0.3 is 0 Å². The van der Waals surface area contributed by atoms with Gasteiger partial charge in [0.05, 0.1) is 11.3 Å². The van der Waals surface area contributed by atoms with Gasteiger partial charge in [-0.25, -0.2) is 4.98 Å². The summed E-state index contributed by atoms with van der Waals surface area (Å²) in [6.07, 6.45) is 8.87. The summed E-state index contributed by atoms with van der Waals surface area (Å²) in [5, 5.41) is 14.5. The van der Waals surface area contributed by atoms with Gasteiger partial charge in [-0.15, -0.1) is 0 Å². The fraction of sp³-hybridized carbons (Fsp3) is 0.462. The zero-order valence-electron chi connectivity index (χ0n) is 17.7. The van der Waals surface area contributed by atoms with E-state index in [9.17, 15) is 4.79 Å². The molecule has 5 nitrogen and oxygen atoms in total. The van der Waals surface area contributed by atoms with E-state index in [0.29, 0.717) is 5.92 Å². The number of H-pyrrole nitrogens is 1. The average molecular weight is 411 g/mol. The summed E-state index contributed by atoms with van der Waals surface area (Å²) in [7, 11) is 0. The van der Waals surface area contributed by atoms with Crippen molar-refractivity contribution in [2.75, 3.05) is 0 Å². The van der Waals surface area contributed by atoms with Crippen LogP contribution in [0.4, 0.5) is 0 Å². The van der Waals surface area contributed by atoms with Crippen molar-refractivity contribution in [3.63, 3.8) is 0 Å². The lowest BCUT2D eigenvalue weighted by Gasteiger charge is -2.54. The van der Waals surface area contributed by atoms with Gasteiger partial charge in [0.1, 0.15) is 5.82 Å². The predicted octanol–water partition coefficient (Wildman–Crippen LogP) is 4.89. The minimum absolute atomic E-state index is 0.0570. The SMILES string of the molecule is CC1=Cc2c(nc(C3C4CC5CC(C4)CC3C5)[nH]c2=O)C1c1ccccc1.N#CC#N. The number of nitrogens with one attached hydrogen (secondary N) is 1. The molecule has 4 fully saturated rings. The molecule has 0 aliphatic heterocycles. The minimum Gasteiger partial charge on any atom is -0.310 e. The summed E-state index contributed by atoms with van der Waals surface area (Å²) in [6.45, 7) is 2.13. The van der Waals surface area contributed by atoms with E-state index in [1.54, 1.807) is 0 Å². The van der Waals surface area contributed by atoms with Gasteiger partial charge in [0.2, 0.25) is 0 Å². The first-order valence-electron chi connectivity index (χ1n) is 11.2. The van der Waals surface area contributed by atoms with Crippen molar-refractivity contribution < 1.29 is 0 Å². The van der Waals surface area contributed by atoms with E-state index in [-0.39, 0.29) is 11.5 Å². The van der Waals surface area contributed by atoms with E-state index in [1.807, 2.05) is 12.1 Å². The second kappa shape index (κ2) is 7.82. The molecular weight excluding hydrogens is 384 g/mol. The summed E-state index contributed by atoms with van der Waals surface area (Å²) < 4.78 is 0. The molecule has 1 heterocycles. The largest absolute Gasteiger partial charge is 0.310 e. The first kappa shape index (κ1) is 19.8. The third-order valence-corrected chi connectivity index (χ3v) is 7.83. The Balaban J connectivity index is 0.000000473. The van der Waals surface area contributed by atoms with Crippen molar-refractivity contribution in [3.05, 3.63) is 68.9 Å². The van der Waals surface area contributed by atoms with Crippen molar-refractivity contribution in [1.29, 1.82) is 10.5 Å². The van der Waals surface area contributed by atoms with Crippen molar-refractivity contribution in [2.45, 2.75) is 50.9 Å². The van der Waals surface area contributed by atoms with Gasteiger partial charge in [-0.05, 0) is 74.3 Å². The Morgan fingerprint density at radius 1 is 0.968 bits per heavy atom. The van der Waals surface area contributed by atoms with E-state index >= 15 is 0 Å². The fourth-order valence-corrected chi connectivity index (χ4v) is 7.00. The Morgan fingerprint density at radius 2 is 1.58 bits per heavy atom. The van der Waals surface area contributed by atoms with Gasteiger partial charge in [-0.1, -0.05) is 35.9 Å². The number of rotatable bonds is 2. The lowest BCUT2D eigenvalue weighted by atomic mass is 9.51. The molecule has 1 aromatic heterocycles. The Bertz CT molecular complexity index is 1120. The number of hydrogen-bond acceptors (Lipinski definition) is 4. The lowest BCUT2D eigenvalue weighted by Crippen LogP contribution is -2.44. The summed E-state index contributed by atoms with van der Waals surface area (Å²) in [4.78, 5) is 21.3. The molecule has 156 valence electrons. The topological polar surface area (TPSA) is 93.3 Å². The van der Waals surface area contributed by atoms with Gasteiger partial charge in [-0.3, -0.25) is 4.79 Å². The highest BCUT2D eigenvalue weighted by Gasteiger charge is 2.49. The highest BCUT2D eigenvalue weighted by molar-refractivity contribution is 5.66. The second-order valence-electron chi connectivity index (χ2n) is 9.66. The number of aromatic nitrogens is 2. The summed E-state index contributed by atoms with van der Waals surface area (Å²) in [5.41, 5.74) is 4.26. The molecule has 4 bridgehead atoms. The van der Waals surface area contributed by atoms with Gasteiger partial charge in [0, 0.05) is 11.8 Å². The van der Waals surface area contributed by atoms with Gasteiger partial charge in [0.25, 0.3) is 5.56 Å². The number of nitrogens with zero attached hydrogens (tertiary/aromatic N) is 3. The lowest BCUT2D eigenvalue weighted by molar-refractivity contribution is -0.00579. The van der Waals surface area contributed by atoms with E-state index in [2.05, 4.69) is 36.2 Å². The van der Waals surface area contributed by atoms with Crippen LogP contribution in [0.2, 0.25) is 0 Å². The highest BCUT2D eigenvalue weighted by atomic mass is 16.1. The maximum absolute atomic E-state index is 12.9.